The standard InChI is InChI=1S/C13H9ClF3N3O2/c14-10-4-3-8(6-19-10)20-12(21)11-9(2-1-5-18-11)22-7-13(15,16)17/h1-6H,7H2,(H,20,21). The molecule has 5 nitrogen and oxygen atoms in total. The van der Waals surface area contributed by atoms with E-state index in [9.17, 15) is 18.0 Å². The fourth-order valence-corrected chi connectivity index (χ4v) is 1.59. The first kappa shape index (κ1) is 16.0. The molecule has 116 valence electrons. The van der Waals surface area contributed by atoms with Crippen LogP contribution in [0.2, 0.25) is 5.15 Å². The summed E-state index contributed by atoms with van der Waals surface area (Å²) in [4.78, 5) is 19.6. The van der Waals surface area contributed by atoms with E-state index in [1.165, 1.54) is 36.7 Å². The average molecular weight is 332 g/mol. The van der Waals surface area contributed by atoms with Gasteiger partial charge in [-0.25, -0.2) is 9.97 Å². The second-order valence-electron chi connectivity index (χ2n) is 4.08. The van der Waals surface area contributed by atoms with Crippen LogP contribution in [-0.4, -0.2) is 28.7 Å². The van der Waals surface area contributed by atoms with Gasteiger partial charge in [0.1, 0.15) is 5.15 Å². The molecule has 0 bridgehead atoms. The van der Waals surface area contributed by atoms with Crippen molar-refractivity contribution in [2.45, 2.75) is 6.18 Å². The van der Waals surface area contributed by atoms with Gasteiger partial charge in [0, 0.05) is 6.20 Å². The third-order valence-electron chi connectivity index (χ3n) is 2.36. The van der Waals surface area contributed by atoms with E-state index in [2.05, 4.69) is 20.0 Å². The molecule has 0 aliphatic carbocycles. The topological polar surface area (TPSA) is 64.1 Å². The Kier molecular flexibility index (Phi) is 4.81. The minimum Gasteiger partial charge on any atom is -0.482 e. The Labute approximate surface area is 128 Å². The maximum Gasteiger partial charge on any atom is 0.422 e. The Morgan fingerprint density at radius 3 is 2.68 bits per heavy atom. The molecule has 2 aromatic heterocycles. The van der Waals surface area contributed by atoms with Crippen molar-refractivity contribution in [3.63, 3.8) is 0 Å². The molecule has 2 rings (SSSR count). The molecule has 1 amide bonds. The van der Waals surface area contributed by atoms with Crippen molar-refractivity contribution < 1.29 is 22.7 Å². The Balaban J connectivity index is 2.13. The summed E-state index contributed by atoms with van der Waals surface area (Å²) in [6.07, 6.45) is -1.93. The molecule has 0 spiro atoms. The molecule has 0 fully saturated rings. The van der Waals surface area contributed by atoms with Gasteiger partial charge in [-0.1, -0.05) is 11.6 Å². The largest absolute Gasteiger partial charge is 0.482 e. The van der Waals surface area contributed by atoms with Gasteiger partial charge in [-0.2, -0.15) is 13.2 Å². The van der Waals surface area contributed by atoms with Crippen LogP contribution < -0.4 is 10.1 Å². The minimum absolute atomic E-state index is 0.241. The van der Waals surface area contributed by atoms with Gasteiger partial charge in [0.2, 0.25) is 0 Å². The summed E-state index contributed by atoms with van der Waals surface area (Å²) in [7, 11) is 0. The number of carbonyl (C=O) groups excluding carboxylic acids is 1. The lowest BCUT2D eigenvalue weighted by Gasteiger charge is -2.12. The third-order valence-corrected chi connectivity index (χ3v) is 2.59. The fraction of sp³-hybridized carbons (Fsp3) is 0.154. The molecule has 9 heteroatoms. The minimum atomic E-state index is -4.51. The van der Waals surface area contributed by atoms with E-state index in [1.807, 2.05) is 0 Å². The lowest BCUT2D eigenvalue weighted by atomic mass is 10.3. The summed E-state index contributed by atoms with van der Waals surface area (Å²) in [6, 6.07) is 5.54. The third kappa shape index (κ3) is 4.59. The van der Waals surface area contributed by atoms with Gasteiger partial charge < -0.3 is 10.1 Å². The van der Waals surface area contributed by atoms with Crippen LogP contribution in [0, 0.1) is 0 Å². The Morgan fingerprint density at radius 2 is 2.05 bits per heavy atom. The highest BCUT2D eigenvalue weighted by Crippen LogP contribution is 2.21. The van der Waals surface area contributed by atoms with Crippen LogP contribution in [0.4, 0.5) is 18.9 Å². The number of pyridine rings is 2. The Hall–Kier alpha value is -2.35. The number of anilines is 1. The van der Waals surface area contributed by atoms with Gasteiger partial charge in [0.05, 0.1) is 11.9 Å². The van der Waals surface area contributed by atoms with E-state index in [0.29, 0.717) is 5.69 Å². The van der Waals surface area contributed by atoms with Gasteiger partial charge >= 0.3 is 6.18 Å². The number of alkyl halides is 3. The molecular formula is C13H9ClF3N3O2. The molecule has 2 heterocycles. The van der Waals surface area contributed by atoms with E-state index < -0.39 is 18.7 Å². The SMILES string of the molecule is O=C(Nc1ccc(Cl)nc1)c1ncccc1OCC(F)(F)F. The van der Waals surface area contributed by atoms with Gasteiger partial charge in [0.15, 0.2) is 18.1 Å². The number of halogens is 4. The number of hydrogen-bond donors (Lipinski definition) is 1. The molecule has 0 aliphatic heterocycles. The Morgan fingerprint density at radius 1 is 1.27 bits per heavy atom. The van der Waals surface area contributed by atoms with E-state index in [-0.39, 0.29) is 16.6 Å². The fourth-order valence-electron chi connectivity index (χ4n) is 1.48. The number of aromatic nitrogens is 2. The molecule has 0 saturated heterocycles. The second kappa shape index (κ2) is 6.61. The van der Waals surface area contributed by atoms with E-state index >= 15 is 0 Å². The molecule has 2 aromatic rings. The molecule has 0 saturated carbocycles. The van der Waals surface area contributed by atoms with Crippen molar-refractivity contribution in [2.75, 3.05) is 11.9 Å². The van der Waals surface area contributed by atoms with Gasteiger partial charge in [-0.05, 0) is 24.3 Å². The van der Waals surface area contributed by atoms with Crippen LogP contribution in [-0.2, 0) is 0 Å². The number of nitrogens with one attached hydrogen (secondary N) is 1. The van der Waals surface area contributed by atoms with Crippen molar-refractivity contribution in [3.8, 4) is 5.75 Å². The predicted octanol–water partition coefficient (Wildman–Crippen LogP) is 3.32. The molecule has 0 atom stereocenters. The number of rotatable bonds is 4. The number of nitrogens with zero attached hydrogens (tertiary/aromatic N) is 2. The van der Waals surface area contributed by atoms with Gasteiger partial charge in [-0.15, -0.1) is 0 Å². The van der Waals surface area contributed by atoms with Gasteiger partial charge in [0.25, 0.3) is 5.91 Å². The highest BCUT2D eigenvalue weighted by Gasteiger charge is 2.29. The van der Waals surface area contributed by atoms with E-state index in [1.54, 1.807) is 0 Å². The normalized spacial score (nSPS) is 11.1. The predicted molar refractivity (Wildman–Crippen MR) is 73.0 cm³/mol. The van der Waals surface area contributed by atoms with Crippen LogP contribution in [0.25, 0.3) is 0 Å². The Bertz CT molecular complexity index is 662. The van der Waals surface area contributed by atoms with E-state index in [4.69, 9.17) is 11.6 Å². The van der Waals surface area contributed by atoms with Crippen LogP contribution >= 0.6 is 11.6 Å². The van der Waals surface area contributed by atoms with Gasteiger partial charge in [-0.3, -0.25) is 4.79 Å². The first-order valence-corrected chi connectivity index (χ1v) is 6.30. The zero-order chi connectivity index (χ0) is 16.2. The number of hydrogen-bond acceptors (Lipinski definition) is 4. The second-order valence-corrected chi connectivity index (χ2v) is 4.46. The lowest BCUT2D eigenvalue weighted by molar-refractivity contribution is -0.153. The molecule has 22 heavy (non-hydrogen) atoms. The quantitative estimate of drug-likeness (QED) is 0.873. The van der Waals surface area contributed by atoms with Crippen LogP contribution in [0.15, 0.2) is 36.7 Å². The number of carbonyl (C=O) groups is 1. The summed E-state index contributed by atoms with van der Waals surface area (Å²) < 4.78 is 41.2. The smallest absolute Gasteiger partial charge is 0.422 e. The summed E-state index contributed by atoms with van der Waals surface area (Å²) in [5.74, 6) is -0.985. The summed E-state index contributed by atoms with van der Waals surface area (Å²) in [6.45, 7) is -1.51. The summed E-state index contributed by atoms with van der Waals surface area (Å²) >= 11 is 5.61. The van der Waals surface area contributed by atoms with Crippen molar-refractivity contribution >= 4 is 23.2 Å². The van der Waals surface area contributed by atoms with E-state index in [0.717, 1.165) is 0 Å². The number of ether oxygens (including phenoxy) is 1. The monoisotopic (exact) mass is 331 g/mol. The maximum atomic E-state index is 12.2. The van der Waals surface area contributed by atoms with Crippen LogP contribution in [0.3, 0.4) is 0 Å². The van der Waals surface area contributed by atoms with Crippen molar-refractivity contribution in [1.29, 1.82) is 0 Å². The van der Waals surface area contributed by atoms with Crippen molar-refractivity contribution in [3.05, 3.63) is 47.5 Å². The van der Waals surface area contributed by atoms with Crippen molar-refractivity contribution in [1.82, 2.24) is 9.97 Å². The number of amides is 1. The zero-order valence-corrected chi connectivity index (χ0v) is 11.6. The molecule has 0 radical (unpaired) electrons. The van der Waals surface area contributed by atoms with Crippen molar-refractivity contribution in [2.24, 2.45) is 0 Å². The highest BCUT2D eigenvalue weighted by atomic mass is 35.5. The molecule has 0 unspecified atom stereocenters. The molecular weight excluding hydrogens is 323 g/mol. The first-order valence-electron chi connectivity index (χ1n) is 5.92. The maximum absolute atomic E-state index is 12.2. The van der Waals surface area contributed by atoms with Crippen LogP contribution in [0.1, 0.15) is 10.5 Å². The first-order chi connectivity index (χ1) is 10.3. The molecule has 0 aromatic carbocycles. The highest BCUT2D eigenvalue weighted by molar-refractivity contribution is 6.29. The zero-order valence-electron chi connectivity index (χ0n) is 10.9. The summed E-state index contributed by atoms with van der Waals surface area (Å²) in [5.41, 5.74) is 0.0588. The van der Waals surface area contributed by atoms with Crippen LogP contribution in [0.5, 0.6) is 5.75 Å². The lowest BCUT2D eigenvalue weighted by Crippen LogP contribution is -2.22. The summed E-state index contributed by atoms with van der Waals surface area (Å²) in [5, 5.41) is 2.68. The molecule has 0 aliphatic rings. The average Bonchev–Trinajstić information content (AvgIpc) is 2.47. The molecule has 1 N–H and O–H groups in total.